The summed E-state index contributed by atoms with van der Waals surface area (Å²) in [6, 6.07) is 0. The van der Waals surface area contributed by atoms with E-state index in [0.29, 0.717) is 18.0 Å². The van der Waals surface area contributed by atoms with Gasteiger partial charge in [-0.25, -0.2) is 4.79 Å². The number of nitrogens with one attached hydrogen (secondary N) is 1. The number of rotatable bonds is 4. The minimum absolute atomic E-state index is 0.000590. The summed E-state index contributed by atoms with van der Waals surface area (Å²) >= 11 is 1.23. The van der Waals surface area contributed by atoms with Crippen molar-refractivity contribution in [2.24, 2.45) is 5.92 Å². The van der Waals surface area contributed by atoms with Crippen LogP contribution >= 0.6 is 11.5 Å². The number of nitrogens with two attached hydrogens (primary N) is 1. The zero-order valence-corrected chi connectivity index (χ0v) is 13.0. The van der Waals surface area contributed by atoms with Crippen molar-refractivity contribution in [3.63, 3.8) is 0 Å². The lowest BCUT2D eigenvalue weighted by Crippen LogP contribution is -2.38. The molecule has 0 saturated carbocycles. The van der Waals surface area contributed by atoms with Crippen molar-refractivity contribution in [1.82, 2.24) is 9.69 Å². The van der Waals surface area contributed by atoms with Crippen LogP contribution in [0.4, 0.5) is 10.8 Å². The molecule has 1 aliphatic rings. The number of nitrogens with zero attached hydrogens (tertiary/aromatic N) is 2. The van der Waals surface area contributed by atoms with Crippen LogP contribution in [0.3, 0.4) is 0 Å². The van der Waals surface area contributed by atoms with Crippen molar-refractivity contribution in [2.75, 3.05) is 37.4 Å². The van der Waals surface area contributed by atoms with E-state index < -0.39 is 5.97 Å². The molecule has 1 saturated heterocycles. The summed E-state index contributed by atoms with van der Waals surface area (Å²) in [4.78, 5) is 24.8. The quantitative estimate of drug-likeness (QED) is 0.801. The SMILES string of the molecule is COC(=O)c1c(N)nsc1N1CCC(CNC(C)=O)CC1. The van der Waals surface area contributed by atoms with Crippen LogP contribution in [-0.2, 0) is 9.53 Å². The van der Waals surface area contributed by atoms with Gasteiger partial charge in [0.15, 0.2) is 5.82 Å². The molecule has 0 radical (unpaired) electrons. The van der Waals surface area contributed by atoms with Crippen molar-refractivity contribution >= 4 is 34.2 Å². The van der Waals surface area contributed by atoms with Crippen molar-refractivity contribution in [3.8, 4) is 0 Å². The van der Waals surface area contributed by atoms with Gasteiger partial charge < -0.3 is 20.7 Å². The average Bonchev–Trinajstić information content (AvgIpc) is 2.86. The highest BCUT2D eigenvalue weighted by molar-refractivity contribution is 7.11. The Kier molecular flexibility index (Phi) is 5.00. The van der Waals surface area contributed by atoms with Gasteiger partial charge >= 0.3 is 5.97 Å². The molecule has 0 aliphatic carbocycles. The molecule has 116 valence electrons. The number of aromatic nitrogens is 1. The Morgan fingerprint density at radius 3 is 2.71 bits per heavy atom. The van der Waals surface area contributed by atoms with E-state index in [1.165, 1.54) is 25.6 Å². The minimum atomic E-state index is -0.448. The first kappa shape index (κ1) is 15.6. The molecule has 0 spiro atoms. The van der Waals surface area contributed by atoms with Crippen molar-refractivity contribution in [2.45, 2.75) is 19.8 Å². The Morgan fingerprint density at radius 1 is 1.48 bits per heavy atom. The highest BCUT2D eigenvalue weighted by Crippen LogP contribution is 2.33. The predicted molar refractivity (Wildman–Crippen MR) is 81.5 cm³/mol. The van der Waals surface area contributed by atoms with Crippen molar-refractivity contribution in [1.29, 1.82) is 0 Å². The van der Waals surface area contributed by atoms with E-state index in [0.717, 1.165) is 30.9 Å². The number of carbonyl (C=O) groups is 2. The van der Waals surface area contributed by atoms with E-state index in [9.17, 15) is 9.59 Å². The predicted octanol–water partition coefficient (Wildman–Crippen LogP) is 0.864. The number of carbonyl (C=O) groups excluding carboxylic acids is 2. The molecule has 1 aromatic heterocycles. The summed E-state index contributed by atoms with van der Waals surface area (Å²) < 4.78 is 8.83. The van der Waals surface area contributed by atoms with Crippen molar-refractivity contribution in [3.05, 3.63) is 5.56 Å². The summed E-state index contributed by atoms with van der Waals surface area (Å²) in [5.74, 6) is 0.247. The fourth-order valence-corrected chi connectivity index (χ4v) is 3.28. The Hall–Kier alpha value is -1.83. The molecule has 1 aromatic rings. The maximum Gasteiger partial charge on any atom is 0.344 e. The first-order chi connectivity index (χ1) is 10.0. The van der Waals surface area contributed by atoms with Gasteiger partial charge in [-0.15, -0.1) is 0 Å². The first-order valence-corrected chi connectivity index (χ1v) is 7.63. The number of ether oxygens (including phenoxy) is 1. The molecule has 0 atom stereocenters. The molecule has 21 heavy (non-hydrogen) atoms. The molecule has 1 fully saturated rings. The van der Waals surface area contributed by atoms with Gasteiger partial charge in [0.05, 0.1) is 7.11 Å². The van der Waals surface area contributed by atoms with Crippen LogP contribution in [0.5, 0.6) is 0 Å². The third kappa shape index (κ3) is 3.63. The van der Waals surface area contributed by atoms with Gasteiger partial charge in [-0.2, -0.15) is 4.37 Å². The van der Waals surface area contributed by atoms with Gasteiger partial charge in [0, 0.05) is 26.6 Å². The monoisotopic (exact) mass is 312 g/mol. The van der Waals surface area contributed by atoms with E-state index in [4.69, 9.17) is 10.5 Å². The molecule has 8 heteroatoms. The second-order valence-electron chi connectivity index (χ2n) is 5.11. The van der Waals surface area contributed by atoms with Crippen molar-refractivity contribution < 1.29 is 14.3 Å². The van der Waals surface area contributed by atoms with Crippen LogP contribution in [0.15, 0.2) is 0 Å². The molecule has 1 amide bonds. The largest absolute Gasteiger partial charge is 0.465 e. The zero-order chi connectivity index (χ0) is 15.4. The number of nitrogen functional groups attached to an aromatic ring is 1. The first-order valence-electron chi connectivity index (χ1n) is 6.85. The summed E-state index contributed by atoms with van der Waals surface area (Å²) in [7, 11) is 1.34. The van der Waals surface area contributed by atoms with Crippen LogP contribution in [-0.4, -0.2) is 43.0 Å². The molecule has 2 heterocycles. The van der Waals surface area contributed by atoms with Crippen LogP contribution in [0.1, 0.15) is 30.1 Å². The van der Waals surface area contributed by atoms with E-state index in [-0.39, 0.29) is 11.7 Å². The Balaban J connectivity index is 1.99. The molecule has 2 rings (SSSR count). The molecule has 1 aliphatic heterocycles. The van der Waals surface area contributed by atoms with Gasteiger partial charge in [-0.05, 0) is 30.3 Å². The average molecular weight is 312 g/mol. The fraction of sp³-hybridized carbons (Fsp3) is 0.615. The second kappa shape index (κ2) is 6.75. The third-order valence-electron chi connectivity index (χ3n) is 3.63. The maximum absolute atomic E-state index is 11.8. The number of piperidine rings is 1. The van der Waals surface area contributed by atoms with Gasteiger partial charge in [0.1, 0.15) is 10.6 Å². The molecule has 0 bridgehead atoms. The Labute approximate surface area is 127 Å². The maximum atomic E-state index is 11.8. The molecule has 7 nitrogen and oxygen atoms in total. The van der Waals surface area contributed by atoms with Crippen LogP contribution in [0.2, 0.25) is 0 Å². The van der Waals surface area contributed by atoms with Gasteiger partial charge in [-0.3, -0.25) is 4.79 Å². The topological polar surface area (TPSA) is 97.6 Å². The second-order valence-corrected chi connectivity index (χ2v) is 5.86. The lowest BCUT2D eigenvalue weighted by Gasteiger charge is -2.32. The number of hydrogen-bond acceptors (Lipinski definition) is 7. The molecule has 0 aromatic carbocycles. The Bertz CT molecular complexity index is 523. The summed E-state index contributed by atoms with van der Waals surface area (Å²) in [6.07, 6.45) is 1.91. The number of anilines is 2. The number of amides is 1. The lowest BCUT2D eigenvalue weighted by atomic mass is 9.97. The van der Waals surface area contributed by atoms with Crippen LogP contribution in [0, 0.1) is 5.92 Å². The number of methoxy groups -OCH3 is 1. The highest BCUT2D eigenvalue weighted by atomic mass is 32.1. The minimum Gasteiger partial charge on any atom is -0.465 e. The fourth-order valence-electron chi connectivity index (χ4n) is 2.43. The van der Waals surface area contributed by atoms with Gasteiger partial charge in [0.2, 0.25) is 5.91 Å². The summed E-state index contributed by atoms with van der Waals surface area (Å²) in [5, 5.41) is 3.63. The lowest BCUT2D eigenvalue weighted by molar-refractivity contribution is -0.119. The normalized spacial score (nSPS) is 15.8. The number of hydrogen-bond donors (Lipinski definition) is 2. The van der Waals surface area contributed by atoms with E-state index in [2.05, 4.69) is 14.6 Å². The third-order valence-corrected chi connectivity index (χ3v) is 4.55. The number of esters is 1. The molecular formula is C13H20N4O3S. The summed E-state index contributed by atoms with van der Waals surface area (Å²) in [5.41, 5.74) is 6.12. The standard InChI is InChI=1S/C13H20N4O3S/c1-8(18)15-7-9-3-5-17(6-4-9)12-10(13(19)20-2)11(14)16-21-12/h9H,3-7H2,1-2H3,(H2,14,16)(H,15,18). The summed E-state index contributed by atoms with van der Waals surface area (Å²) in [6.45, 7) is 3.86. The van der Waals surface area contributed by atoms with Gasteiger partial charge in [-0.1, -0.05) is 0 Å². The smallest absolute Gasteiger partial charge is 0.344 e. The highest BCUT2D eigenvalue weighted by Gasteiger charge is 2.27. The molecule has 3 N–H and O–H groups in total. The molecule has 0 unspecified atom stereocenters. The Morgan fingerprint density at radius 2 is 2.14 bits per heavy atom. The van der Waals surface area contributed by atoms with E-state index >= 15 is 0 Å². The van der Waals surface area contributed by atoms with E-state index in [1.54, 1.807) is 0 Å². The van der Waals surface area contributed by atoms with Crippen LogP contribution in [0.25, 0.3) is 0 Å². The molecular weight excluding hydrogens is 292 g/mol. The van der Waals surface area contributed by atoms with Gasteiger partial charge in [0.25, 0.3) is 0 Å². The zero-order valence-electron chi connectivity index (χ0n) is 12.2. The van der Waals surface area contributed by atoms with Crippen LogP contribution < -0.4 is 16.0 Å². The van der Waals surface area contributed by atoms with E-state index in [1.807, 2.05) is 0 Å².